The first-order chi connectivity index (χ1) is 11.3. The second kappa shape index (κ2) is 7.25. The first-order valence-corrected chi connectivity index (χ1v) is 8.52. The number of hydrogen-bond acceptors (Lipinski definition) is 2. The Bertz CT molecular complexity index is 698. The van der Waals surface area contributed by atoms with Gasteiger partial charge in [0.1, 0.15) is 0 Å². The molecule has 1 amide bonds. The summed E-state index contributed by atoms with van der Waals surface area (Å²) >= 11 is 1.49. The summed E-state index contributed by atoms with van der Waals surface area (Å²) in [5.41, 5.74) is 2.45. The van der Waals surface area contributed by atoms with Gasteiger partial charge in [-0.1, -0.05) is 66.7 Å². The number of amides is 1. The van der Waals surface area contributed by atoms with E-state index >= 15 is 0 Å². The molecule has 1 heterocycles. The molecule has 0 aliphatic rings. The molecule has 1 aromatic heterocycles. The molecule has 0 spiro atoms. The maximum Gasteiger partial charge on any atom is 0.263 e. The van der Waals surface area contributed by atoms with Gasteiger partial charge in [-0.25, -0.2) is 0 Å². The zero-order valence-corrected chi connectivity index (χ0v) is 13.9. The fraction of sp³-hybridized carbons (Fsp3) is 0.150. The van der Waals surface area contributed by atoms with E-state index in [-0.39, 0.29) is 11.8 Å². The second-order valence-corrected chi connectivity index (χ2v) is 6.48. The van der Waals surface area contributed by atoms with Crippen molar-refractivity contribution in [2.75, 3.05) is 13.6 Å². The molecule has 2 nitrogen and oxygen atoms in total. The normalized spacial score (nSPS) is 10.7. The minimum Gasteiger partial charge on any atom is -0.340 e. The maximum atomic E-state index is 12.5. The van der Waals surface area contributed by atoms with Gasteiger partial charge in [0, 0.05) is 19.5 Å². The van der Waals surface area contributed by atoms with E-state index in [2.05, 4.69) is 24.3 Å². The molecule has 3 heteroatoms. The monoisotopic (exact) mass is 321 g/mol. The fourth-order valence-electron chi connectivity index (χ4n) is 2.72. The highest BCUT2D eigenvalue weighted by Crippen LogP contribution is 2.26. The zero-order valence-electron chi connectivity index (χ0n) is 13.1. The van der Waals surface area contributed by atoms with Gasteiger partial charge in [0.2, 0.25) is 0 Å². The summed E-state index contributed by atoms with van der Waals surface area (Å²) in [7, 11) is 1.88. The van der Waals surface area contributed by atoms with E-state index in [0.717, 1.165) is 4.88 Å². The van der Waals surface area contributed by atoms with Crippen LogP contribution in [0.25, 0.3) is 0 Å². The Morgan fingerprint density at radius 3 is 1.96 bits per heavy atom. The van der Waals surface area contributed by atoms with Crippen LogP contribution in [0.5, 0.6) is 0 Å². The van der Waals surface area contributed by atoms with E-state index in [9.17, 15) is 4.79 Å². The number of benzene rings is 2. The smallest absolute Gasteiger partial charge is 0.263 e. The Hall–Kier alpha value is -2.39. The number of carbonyl (C=O) groups is 1. The number of rotatable bonds is 5. The molecule has 3 rings (SSSR count). The number of thiophene rings is 1. The third-order valence-corrected chi connectivity index (χ3v) is 4.80. The standard InChI is InChI=1S/C20H19NOS/c1-21(20(22)19-13-8-14-23-19)15-18(16-9-4-2-5-10-16)17-11-6-3-7-12-17/h2-14,18H,15H2,1H3. The molecule has 2 aromatic carbocycles. The Labute approximate surface area is 141 Å². The van der Waals surface area contributed by atoms with E-state index in [1.54, 1.807) is 0 Å². The third kappa shape index (κ3) is 3.69. The molecule has 116 valence electrons. The van der Waals surface area contributed by atoms with Gasteiger partial charge in [0.05, 0.1) is 4.88 Å². The van der Waals surface area contributed by atoms with Crippen molar-refractivity contribution in [2.45, 2.75) is 5.92 Å². The molecule has 0 unspecified atom stereocenters. The van der Waals surface area contributed by atoms with Crippen molar-refractivity contribution in [1.29, 1.82) is 0 Å². The van der Waals surface area contributed by atoms with Crippen molar-refractivity contribution in [1.82, 2.24) is 4.90 Å². The lowest BCUT2D eigenvalue weighted by molar-refractivity contribution is 0.0795. The van der Waals surface area contributed by atoms with E-state index in [1.807, 2.05) is 65.9 Å². The summed E-state index contributed by atoms with van der Waals surface area (Å²) in [4.78, 5) is 15.1. The number of likely N-dealkylation sites (N-methyl/N-ethyl adjacent to an activating group) is 1. The summed E-state index contributed by atoms with van der Waals surface area (Å²) in [5.74, 6) is 0.253. The van der Waals surface area contributed by atoms with Crippen LogP contribution in [0.4, 0.5) is 0 Å². The predicted molar refractivity (Wildman–Crippen MR) is 96.0 cm³/mol. The Kier molecular flexibility index (Phi) is 4.89. The van der Waals surface area contributed by atoms with Gasteiger partial charge in [-0.15, -0.1) is 11.3 Å². The molecule has 0 saturated carbocycles. The number of carbonyl (C=O) groups excluding carboxylic acids is 1. The molecular weight excluding hydrogens is 302 g/mol. The fourth-order valence-corrected chi connectivity index (χ4v) is 3.44. The predicted octanol–water partition coefficient (Wildman–Crippen LogP) is 4.65. The quantitative estimate of drug-likeness (QED) is 0.670. The van der Waals surface area contributed by atoms with E-state index in [4.69, 9.17) is 0 Å². The summed E-state index contributed by atoms with van der Waals surface area (Å²) in [6.45, 7) is 0.658. The minimum atomic E-state index is 0.0804. The molecule has 0 saturated heterocycles. The molecule has 0 aliphatic heterocycles. The molecule has 23 heavy (non-hydrogen) atoms. The van der Waals surface area contributed by atoms with Crippen molar-refractivity contribution in [3.8, 4) is 0 Å². The second-order valence-electron chi connectivity index (χ2n) is 5.54. The molecular formula is C20H19NOS. The van der Waals surface area contributed by atoms with Crippen molar-refractivity contribution >= 4 is 17.2 Å². The van der Waals surface area contributed by atoms with Crippen LogP contribution in [0, 0.1) is 0 Å². The third-order valence-electron chi connectivity index (χ3n) is 3.94. The average Bonchev–Trinajstić information content (AvgIpc) is 3.15. The van der Waals surface area contributed by atoms with Crippen molar-refractivity contribution in [3.05, 3.63) is 94.2 Å². The van der Waals surface area contributed by atoms with Crippen LogP contribution < -0.4 is 0 Å². The highest BCUT2D eigenvalue weighted by Gasteiger charge is 2.20. The highest BCUT2D eigenvalue weighted by atomic mass is 32.1. The summed E-state index contributed by atoms with van der Waals surface area (Å²) in [5, 5.41) is 1.94. The molecule has 3 aromatic rings. The number of nitrogens with zero attached hydrogens (tertiary/aromatic N) is 1. The van der Waals surface area contributed by atoms with Gasteiger partial charge < -0.3 is 4.90 Å². The van der Waals surface area contributed by atoms with E-state index in [0.29, 0.717) is 6.54 Å². The summed E-state index contributed by atoms with van der Waals surface area (Å²) in [6.07, 6.45) is 0. The SMILES string of the molecule is CN(CC(c1ccccc1)c1ccccc1)C(=O)c1cccs1. The zero-order chi connectivity index (χ0) is 16.1. The topological polar surface area (TPSA) is 20.3 Å². The number of hydrogen-bond donors (Lipinski definition) is 0. The molecule has 0 aliphatic carbocycles. The summed E-state index contributed by atoms with van der Waals surface area (Å²) < 4.78 is 0. The molecule has 0 bridgehead atoms. The first-order valence-electron chi connectivity index (χ1n) is 7.64. The van der Waals surface area contributed by atoms with Crippen molar-refractivity contribution in [3.63, 3.8) is 0 Å². The van der Waals surface area contributed by atoms with Crippen LogP contribution in [0.15, 0.2) is 78.2 Å². The van der Waals surface area contributed by atoms with Crippen LogP contribution >= 0.6 is 11.3 Å². The minimum absolute atomic E-state index is 0.0804. The van der Waals surface area contributed by atoms with Crippen molar-refractivity contribution < 1.29 is 4.79 Å². The molecule has 0 N–H and O–H groups in total. The van der Waals surface area contributed by atoms with Crippen LogP contribution in [0.3, 0.4) is 0 Å². The first kappa shape index (κ1) is 15.5. The van der Waals surface area contributed by atoms with E-state index in [1.165, 1.54) is 22.5 Å². The van der Waals surface area contributed by atoms with Crippen LogP contribution in [-0.4, -0.2) is 24.4 Å². The van der Waals surface area contributed by atoms with Crippen LogP contribution in [0.2, 0.25) is 0 Å². The molecule has 0 atom stereocenters. The van der Waals surface area contributed by atoms with Gasteiger partial charge in [-0.3, -0.25) is 4.79 Å². The average molecular weight is 321 g/mol. The lowest BCUT2D eigenvalue weighted by Gasteiger charge is -2.25. The molecule has 0 radical (unpaired) electrons. The van der Waals surface area contributed by atoms with Crippen LogP contribution in [0.1, 0.15) is 26.7 Å². The van der Waals surface area contributed by atoms with Gasteiger partial charge in [-0.2, -0.15) is 0 Å². The summed E-state index contributed by atoms with van der Waals surface area (Å²) in [6, 6.07) is 24.5. The lowest BCUT2D eigenvalue weighted by Crippen LogP contribution is -2.31. The van der Waals surface area contributed by atoms with Crippen molar-refractivity contribution in [2.24, 2.45) is 0 Å². The van der Waals surface area contributed by atoms with Gasteiger partial charge in [0.25, 0.3) is 5.91 Å². The molecule has 0 fully saturated rings. The Balaban J connectivity index is 1.86. The van der Waals surface area contributed by atoms with E-state index < -0.39 is 0 Å². The Morgan fingerprint density at radius 1 is 0.913 bits per heavy atom. The highest BCUT2D eigenvalue weighted by molar-refractivity contribution is 7.12. The van der Waals surface area contributed by atoms with Gasteiger partial charge >= 0.3 is 0 Å². The largest absolute Gasteiger partial charge is 0.340 e. The Morgan fingerprint density at radius 2 is 1.48 bits per heavy atom. The van der Waals surface area contributed by atoms with Crippen LogP contribution in [-0.2, 0) is 0 Å². The lowest BCUT2D eigenvalue weighted by atomic mass is 9.91. The van der Waals surface area contributed by atoms with Gasteiger partial charge in [-0.05, 0) is 22.6 Å². The maximum absolute atomic E-state index is 12.5. The van der Waals surface area contributed by atoms with Gasteiger partial charge in [0.15, 0.2) is 0 Å².